The minimum absolute atomic E-state index is 0.0389. The first-order valence-electron chi connectivity index (χ1n) is 4.84. The number of rotatable bonds is 4. The molecule has 0 radical (unpaired) electrons. The van der Waals surface area contributed by atoms with Gasteiger partial charge in [0.25, 0.3) is 11.7 Å². The molecule has 0 saturated carbocycles. The summed E-state index contributed by atoms with van der Waals surface area (Å²) in [7, 11) is 1.51. The molecule has 0 aliphatic carbocycles. The molecule has 1 rings (SSSR count). The minimum Gasteiger partial charge on any atom is -0.352 e. The number of hydrogen-bond acceptors (Lipinski definition) is 5. The van der Waals surface area contributed by atoms with Crippen molar-refractivity contribution in [2.24, 2.45) is 11.7 Å². The molecule has 0 spiro atoms. The summed E-state index contributed by atoms with van der Waals surface area (Å²) in [5.74, 6) is 0.418. The summed E-state index contributed by atoms with van der Waals surface area (Å²) in [4.78, 5) is 15.1. The van der Waals surface area contributed by atoms with E-state index in [1.54, 1.807) is 0 Å². The number of carbonyl (C=O) groups excluding carboxylic acids is 1. The Labute approximate surface area is 88.2 Å². The highest BCUT2D eigenvalue weighted by Gasteiger charge is 2.16. The monoisotopic (exact) mass is 212 g/mol. The zero-order valence-corrected chi connectivity index (χ0v) is 9.15. The fourth-order valence-electron chi connectivity index (χ4n) is 0.979. The molecule has 1 unspecified atom stereocenters. The Bertz CT molecular complexity index is 335. The van der Waals surface area contributed by atoms with Crippen LogP contribution in [0.3, 0.4) is 0 Å². The van der Waals surface area contributed by atoms with Crippen molar-refractivity contribution in [1.82, 2.24) is 15.5 Å². The molecule has 3 N–H and O–H groups in total. The van der Waals surface area contributed by atoms with Crippen LogP contribution in [0.1, 0.15) is 30.4 Å². The van der Waals surface area contributed by atoms with Crippen LogP contribution in [0, 0.1) is 5.92 Å². The van der Waals surface area contributed by atoms with Gasteiger partial charge in [-0.1, -0.05) is 19.0 Å². The average Bonchev–Trinajstić information content (AvgIpc) is 2.65. The summed E-state index contributed by atoms with van der Waals surface area (Å²) in [6.07, 6.45) is 0.488. The van der Waals surface area contributed by atoms with E-state index in [0.29, 0.717) is 18.2 Å². The second-order valence-corrected chi connectivity index (χ2v) is 3.70. The number of nitrogens with two attached hydrogens (primary N) is 1. The van der Waals surface area contributed by atoms with Crippen LogP contribution < -0.4 is 11.1 Å². The Balaban J connectivity index is 2.64. The van der Waals surface area contributed by atoms with E-state index in [1.807, 2.05) is 13.8 Å². The van der Waals surface area contributed by atoms with E-state index >= 15 is 0 Å². The van der Waals surface area contributed by atoms with E-state index in [1.165, 1.54) is 7.05 Å². The molecule has 0 aromatic carbocycles. The van der Waals surface area contributed by atoms with Crippen molar-refractivity contribution in [2.45, 2.75) is 26.3 Å². The normalized spacial score (nSPS) is 12.9. The van der Waals surface area contributed by atoms with E-state index < -0.39 is 0 Å². The molecule has 1 aromatic rings. The lowest BCUT2D eigenvalue weighted by molar-refractivity contribution is 0.0950. The highest BCUT2D eigenvalue weighted by molar-refractivity contribution is 5.89. The molecule has 0 aliphatic rings. The number of amides is 1. The average molecular weight is 212 g/mol. The fraction of sp³-hybridized carbons (Fsp3) is 0.667. The number of nitrogens with zero attached hydrogens (tertiary/aromatic N) is 2. The van der Waals surface area contributed by atoms with Crippen molar-refractivity contribution >= 4 is 5.91 Å². The maximum atomic E-state index is 11.1. The number of hydrogen-bond donors (Lipinski definition) is 2. The van der Waals surface area contributed by atoms with E-state index in [-0.39, 0.29) is 17.8 Å². The highest BCUT2D eigenvalue weighted by atomic mass is 16.5. The van der Waals surface area contributed by atoms with E-state index in [4.69, 9.17) is 10.3 Å². The van der Waals surface area contributed by atoms with E-state index in [9.17, 15) is 4.79 Å². The molecule has 6 nitrogen and oxygen atoms in total. The second kappa shape index (κ2) is 4.88. The van der Waals surface area contributed by atoms with Gasteiger partial charge in [0.1, 0.15) is 0 Å². The summed E-state index contributed by atoms with van der Waals surface area (Å²) >= 11 is 0. The maximum absolute atomic E-state index is 11.1. The third-order valence-electron chi connectivity index (χ3n) is 2.16. The molecule has 15 heavy (non-hydrogen) atoms. The molecule has 0 aliphatic heterocycles. The van der Waals surface area contributed by atoms with Gasteiger partial charge in [0.05, 0.1) is 0 Å². The van der Waals surface area contributed by atoms with E-state index in [2.05, 4.69) is 15.5 Å². The Morgan fingerprint density at radius 1 is 1.60 bits per heavy atom. The largest absolute Gasteiger partial charge is 0.352 e. The van der Waals surface area contributed by atoms with Crippen LogP contribution in [0.25, 0.3) is 0 Å². The number of nitrogens with one attached hydrogen (secondary N) is 1. The van der Waals surface area contributed by atoms with Gasteiger partial charge in [-0.3, -0.25) is 4.79 Å². The molecule has 0 fully saturated rings. The van der Waals surface area contributed by atoms with Crippen molar-refractivity contribution in [3.05, 3.63) is 11.7 Å². The van der Waals surface area contributed by atoms with Crippen molar-refractivity contribution in [1.29, 1.82) is 0 Å². The first kappa shape index (κ1) is 11.6. The lowest BCUT2D eigenvalue weighted by atomic mass is 10.0. The molecule has 0 bridgehead atoms. The molecule has 1 aromatic heterocycles. The van der Waals surface area contributed by atoms with Crippen molar-refractivity contribution in [3.8, 4) is 0 Å². The molecule has 84 valence electrons. The smallest absolute Gasteiger partial charge is 0.292 e. The Kier molecular flexibility index (Phi) is 3.79. The fourth-order valence-corrected chi connectivity index (χ4v) is 0.979. The molecule has 1 amide bonds. The summed E-state index contributed by atoms with van der Waals surface area (Å²) in [6.45, 7) is 4.03. The standard InChI is InChI=1S/C9H16N4O2/c1-5(2)6(10)4-7-12-8(13-15-7)9(14)11-3/h5-6H,4,10H2,1-3H3,(H,11,14). The van der Waals surface area contributed by atoms with Gasteiger partial charge in [0.15, 0.2) is 0 Å². The van der Waals surface area contributed by atoms with Crippen LogP contribution in [-0.4, -0.2) is 29.1 Å². The number of aromatic nitrogens is 2. The van der Waals surface area contributed by atoms with Crippen molar-refractivity contribution < 1.29 is 9.32 Å². The first-order chi connectivity index (χ1) is 7.04. The zero-order chi connectivity index (χ0) is 11.4. The summed E-state index contributed by atoms with van der Waals surface area (Å²) in [5.41, 5.74) is 5.84. The quantitative estimate of drug-likeness (QED) is 0.730. The third kappa shape index (κ3) is 3.02. The topological polar surface area (TPSA) is 94.0 Å². The Hall–Kier alpha value is -1.43. The third-order valence-corrected chi connectivity index (χ3v) is 2.16. The van der Waals surface area contributed by atoms with Gasteiger partial charge >= 0.3 is 0 Å². The highest BCUT2D eigenvalue weighted by Crippen LogP contribution is 2.06. The van der Waals surface area contributed by atoms with Gasteiger partial charge in [0, 0.05) is 19.5 Å². The lowest BCUT2D eigenvalue weighted by Crippen LogP contribution is -2.29. The van der Waals surface area contributed by atoms with Crippen LogP contribution in [-0.2, 0) is 6.42 Å². The summed E-state index contributed by atoms with van der Waals surface area (Å²) in [6, 6.07) is -0.0389. The zero-order valence-electron chi connectivity index (χ0n) is 9.15. The molecular weight excluding hydrogens is 196 g/mol. The second-order valence-electron chi connectivity index (χ2n) is 3.70. The molecule has 1 atom stereocenters. The van der Waals surface area contributed by atoms with Gasteiger partial charge in [-0.2, -0.15) is 4.98 Å². The summed E-state index contributed by atoms with van der Waals surface area (Å²) in [5, 5.41) is 5.96. The minimum atomic E-state index is -0.358. The lowest BCUT2D eigenvalue weighted by Gasteiger charge is -2.11. The van der Waals surface area contributed by atoms with Crippen LogP contribution in [0.4, 0.5) is 0 Å². The SMILES string of the molecule is CNC(=O)c1noc(CC(N)C(C)C)n1. The van der Waals surface area contributed by atoms with Crippen LogP contribution in [0.15, 0.2) is 4.52 Å². The van der Waals surface area contributed by atoms with Gasteiger partial charge in [-0.15, -0.1) is 0 Å². The van der Waals surface area contributed by atoms with Crippen molar-refractivity contribution in [2.75, 3.05) is 7.05 Å². The Morgan fingerprint density at radius 2 is 2.27 bits per heavy atom. The van der Waals surface area contributed by atoms with Gasteiger partial charge in [-0.25, -0.2) is 0 Å². The summed E-state index contributed by atoms with van der Waals surface area (Å²) < 4.78 is 4.91. The van der Waals surface area contributed by atoms with Crippen molar-refractivity contribution in [3.63, 3.8) is 0 Å². The van der Waals surface area contributed by atoms with Gasteiger partial charge < -0.3 is 15.6 Å². The molecule has 0 saturated heterocycles. The van der Waals surface area contributed by atoms with Gasteiger partial charge in [-0.05, 0) is 5.92 Å². The molecule has 1 heterocycles. The maximum Gasteiger partial charge on any atom is 0.292 e. The van der Waals surface area contributed by atoms with Crippen LogP contribution in [0.2, 0.25) is 0 Å². The van der Waals surface area contributed by atoms with E-state index in [0.717, 1.165) is 0 Å². The first-order valence-corrected chi connectivity index (χ1v) is 4.84. The van der Waals surface area contributed by atoms with Crippen LogP contribution in [0.5, 0.6) is 0 Å². The molecule has 6 heteroatoms. The van der Waals surface area contributed by atoms with Gasteiger partial charge in [0.2, 0.25) is 5.89 Å². The van der Waals surface area contributed by atoms with Crippen LogP contribution >= 0.6 is 0 Å². The molecular formula is C9H16N4O2. The predicted octanol–water partition coefficient (Wildman–Crippen LogP) is -0.0450. The predicted molar refractivity (Wildman–Crippen MR) is 54.2 cm³/mol. The number of carbonyl (C=O) groups is 1. The Morgan fingerprint density at radius 3 is 2.80 bits per heavy atom.